The largest absolute Gasteiger partial charge is 0.497 e. The van der Waals surface area contributed by atoms with E-state index in [4.69, 9.17) is 4.74 Å². The summed E-state index contributed by atoms with van der Waals surface area (Å²) in [7, 11) is 1.69. The maximum atomic E-state index is 5.22. The first kappa shape index (κ1) is 13.1. The Kier molecular flexibility index (Phi) is 4.42. The van der Waals surface area contributed by atoms with Crippen molar-refractivity contribution in [3.8, 4) is 5.75 Å². The molecule has 2 aromatic rings. The van der Waals surface area contributed by atoms with Crippen LogP contribution in [-0.4, -0.2) is 18.1 Å². The molecule has 1 N–H and O–H groups in total. The Morgan fingerprint density at radius 1 is 1.44 bits per heavy atom. The van der Waals surface area contributed by atoms with E-state index < -0.39 is 0 Å². The molecule has 0 bridgehead atoms. The molecular weight excluding hydrogens is 244 g/mol. The Morgan fingerprint density at radius 3 is 3.00 bits per heavy atom. The second-order valence-electron chi connectivity index (χ2n) is 4.54. The van der Waals surface area contributed by atoms with Crippen LogP contribution in [0.5, 0.6) is 5.75 Å². The number of thiazole rings is 1. The number of rotatable bonds is 6. The van der Waals surface area contributed by atoms with Gasteiger partial charge < -0.3 is 10.1 Å². The molecule has 0 aliphatic heterocycles. The zero-order chi connectivity index (χ0) is 13.0. The molecule has 1 aromatic heterocycles. The van der Waals surface area contributed by atoms with Crippen molar-refractivity contribution in [2.45, 2.75) is 39.2 Å². The molecule has 0 fully saturated rings. The normalized spacial score (nSPS) is 12.6. The molecule has 1 unspecified atom stereocenters. The second kappa shape index (κ2) is 6.05. The summed E-state index contributed by atoms with van der Waals surface area (Å²) in [6, 6.07) is 6.47. The number of fused-ring (bicyclic) bond motifs is 1. The Morgan fingerprint density at radius 2 is 2.28 bits per heavy atom. The van der Waals surface area contributed by atoms with Gasteiger partial charge in [-0.15, -0.1) is 0 Å². The van der Waals surface area contributed by atoms with E-state index in [1.165, 1.54) is 24.0 Å². The monoisotopic (exact) mass is 264 g/mol. The molecule has 0 aliphatic rings. The van der Waals surface area contributed by atoms with Crippen LogP contribution in [0.1, 0.15) is 33.1 Å². The van der Waals surface area contributed by atoms with Crippen molar-refractivity contribution >= 4 is 26.7 Å². The van der Waals surface area contributed by atoms with Gasteiger partial charge in [-0.05, 0) is 31.5 Å². The van der Waals surface area contributed by atoms with Crippen molar-refractivity contribution in [1.29, 1.82) is 0 Å². The number of aromatic nitrogens is 1. The first-order valence-electron chi connectivity index (χ1n) is 6.44. The summed E-state index contributed by atoms with van der Waals surface area (Å²) in [5, 5.41) is 4.47. The number of hydrogen-bond acceptors (Lipinski definition) is 4. The minimum Gasteiger partial charge on any atom is -0.497 e. The van der Waals surface area contributed by atoms with Gasteiger partial charge in [-0.3, -0.25) is 0 Å². The SMILES string of the molecule is CCCCC(C)Nc1nc2ccc(OC)cc2s1. The lowest BCUT2D eigenvalue weighted by Gasteiger charge is -2.11. The van der Waals surface area contributed by atoms with E-state index >= 15 is 0 Å². The molecule has 0 amide bonds. The zero-order valence-electron chi connectivity index (χ0n) is 11.2. The maximum absolute atomic E-state index is 5.22. The zero-order valence-corrected chi connectivity index (χ0v) is 12.0. The third-order valence-electron chi connectivity index (χ3n) is 2.96. The summed E-state index contributed by atoms with van der Waals surface area (Å²) >= 11 is 1.69. The molecule has 1 aromatic carbocycles. The summed E-state index contributed by atoms with van der Waals surface area (Å²) in [4.78, 5) is 4.59. The van der Waals surface area contributed by atoms with Gasteiger partial charge in [0.1, 0.15) is 5.75 Å². The first-order chi connectivity index (χ1) is 8.72. The average Bonchev–Trinajstić information content (AvgIpc) is 2.77. The van der Waals surface area contributed by atoms with E-state index in [0.29, 0.717) is 6.04 Å². The quantitative estimate of drug-likeness (QED) is 0.845. The Bertz CT molecular complexity index is 509. The Hall–Kier alpha value is -1.29. The number of methoxy groups -OCH3 is 1. The Labute approximate surface area is 112 Å². The number of ether oxygens (including phenoxy) is 1. The summed E-state index contributed by atoms with van der Waals surface area (Å²) in [5.74, 6) is 0.886. The van der Waals surface area contributed by atoms with E-state index in [1.807, 2.05) is 18.2 Å². The van der Waals surface area contributed by atoms with E-state index in [2.05, 4.69) is 24.1 Å². The van der Waals surface area contributed by atoms with Crippen molar-refractivity contribution in [3.63, 3.8) is 0 Å². The van der Waals surface area contributed by atoms with Crippen LogP contribution in [-0.2, 0) is 0 Å². The fourth-order valence-corrected chi connectivity index (χ4v) is 2.89. The van der Waals surface area contributed by atoms with Gasteiger partial charge in [-0.25, -0.2) is 4.98 Å². The van der Waals surface area contributed by atoms with E-state index in [1.54, 1.807) is 18.4 Å². The highest BCUT2D eigenvalue weighted by Crippen LogP contribution is 2.29. The minimum atomic E-state index is 0.479. The molecule has 0 saturated carbocycles. The van der Waals surface area contributed by atoms with Crippen LogP contribution in [0, 0.1) is 0 Å². The molecule has 3 nitrogen and oxygen atoms in total. The molecule has 0 spiro atoms. The standard InChI is InChI=1S/C14H20N2OS/c1-4-5-6-10(2)15-14-16-12-8-7-11(17-3)9-13(12)18-14/h7-10H,4-6H2,1-3H3,(H,15,16). The van der Waals surface area contributed by atoms with Gasteiger partial charge in [0, 0.05) is 6.04 Å². The highest BCUT2D eigenvalue weighted by atomic mass is 32.1. The van der Waals surface area contributed by atoms with Crippen molar-refractivity contribution in [3.05, 3.63) is 18.2 Å². The third-order valence-corrected chi connectivity index (χ3v) is 3.91. The van der Waals surface area contributed by atoms with Crippen molar-refractivity contribution in [1.82, 2.24) is 4.98 Å². The molecule has 98 valence electrons. The number of unbranched alkanes of at least 4 members (excludes halogenated alkanes) is 1. The van der Waals surface area contributed by atoms with Gasteiger partial charge in [0.05, 0.1) is 17.3 Å². The Balaban J connectivity index is 2.09. The van der Waals surface area contributed by atoms with Gasteiger partial charge in [-0.1, -0.05) is 31.1 Å². The predicted molar refractivity (Wildman–Crippen MR) is 78.8 cm³/mol. The minimum absolute atomic E-state index is 0.479. The fraction of sp³-hybridized carbons (Fsp3) is 0.500. The molecule has 18 heavy (non-hydrogen) atoms. The first-order valence-corrected chi connectivity index (χ1v) is 7.25. The van der Waals surface area contributed by atoms with E-state index in [0.717, 1.165) is 16.4 Å². The molecule has 1 heterocycles. The van der Waals surface area contributed by atoms with Gasteiger partial charge in [0.2, 0.25) is 0 Å². The van der Waals surface area contributed by atoms with E-state index in [-0.39, 0.29) is 0 Å². The van der Waals surface area contributed by atoms with Crippen LogP contribution < -0.4 is 10.1 Å². The highest BCUT2D eigenvalue weighted by Gasteiger charge is 2.07. The lowest BCUT2D eigenvalue weighted by atomic mass is 10.1. The topological polar surface area (TPSA) is 34.2 Å². The highest BCUT2D eigenvalue weighted by molar-refractivity contribution is 7.22. The molecule has 4 heteroatoms. The van der Waals surface area contributed by atoms with Crippen LogP contribution in [0.3, 0.4) is 0 Å². The number of benzene rings is 1. The predicted octanol–water partition coefficient (Wildman–Crippen LogP) is 4.30. The second-order valence-corrected chi connectivity index (χ2v) is 5.57. The molecule has 1 atom stereocenters. The number of nitrogens with one attached hydrogen (secondary N) is 1. The van der Waals surface area contributed by atoms with Crippen LogP contribution >= 0.6 is 11.3 Å². The molecular formula is C14H20N2OS. The van der Waals surface area contributed by atoms with Crippen molar-refractivity contribution in [2.24, 2.45) is 0 Å². The van der Waals surface area contributed by atoms with Crippen molar-refractivity contribution in [2.75, 3.05) is 12.4 Å². The number of nitrogens with zero attached hydrogens (tertiary/aromatic N) is 1. The lowest BCUT2D eigenvalue weighted by molar-refractivity contribution is 0.415. The summed E-state index contributed by atoms with van der Waals surface area (Å²) in [6.07, 6.45) is 3.69. The maximum Gasteiger partial charge on any atom is 0.184 e. The van der Waals surface area contributed by atoms with Gasteiger partial charge in [0.15, 0.2) is 5.13 Å². The molecule has 0 radical (unpaired) electrons. The average molecular weight is 264 g/mol. The number of hydrogen-bond donors (Lipinski definition) is 1. The summed E-state index contributed by atoms with van der Waals surface area (Å²) in [6.45, 7) is 4.43. The van der Waals surface area contributed by atoms with Crippen molar-refractivity contribution < 1.29 is 4.74 Å². The fourth-order valence-electron chi connectivity index (χ4n) is 1.89. The van der Waals surface area contributed by atoms with Gasteiger partial charge >= 0.3 is 0 Å². The van der Waals surface area contributed by atoms with Crippen LogP contribution in [0.25, 0.3) is 10.2 Å². The smallest absolute Gasteiger partial charge is 0.184 e. The molecule has 0 aliphatic carbocycles. The van der Waals surface area contributed by atoms with Crippen LogP contribution in [0.15, 0.2) is 18.2 Å². The van der Waals surface area contributed by atoms with Crippen LogP contribution in [0.4, 0.5) is 5.13 Å². The summed E-state index contributed by atoms with van der Waals surface area (Å²) in [5.41, 5.74) is 1.03. The summed E-state index contributed by atoms with van der Waals surface area (Å²) < 4.78 is 6.39. The lowest BCUT2D eigenvalue weighted by Crippen LogP contribution is -2.14. The third kappa shape index (κ3) is 3.13. The van der Waals surface area contributed by atoms with Gasteiger partial charge in [-0.2, -0.15) is 0 Å². The van der Waals surface area contributed by atoms with Gasteiger partial charge in [0.25, 0.3) is 0 Å². The van der Waals surface area contributed by atoms with E-state index in [9.17, 15) is 0 Å². The molecule has 2 rings (SSSR count). The molecule has 0 saturated heterocycles. The number of anilines is 1. The van der Waals surface area contributed by atoms with Crippen LogP contribution in [0.2, 0.25) is 0 Å².